The maximum atomic E-state index is 11.8. The standard InChI is InChI=1S/C9H15N2O2/c12-9(8-2-1-7-13-8)11-5-3-10-4-6-11/h8H,1-7H2. The molecule has 1 unspecified atom stereocenters. The molecule has 4 heteroatoms. The fraction of sp³-hybridized carbons (Fsp3) is 0.889. The number of nitrogens with zero attached hydrogens (tertiary/aromatic N) is 2. The fourth-order valence-corrected chi connectivity index (χ4v) is 1.80. The van der Waals surface area contributed by atoms with Gasteiger partial charge >= 0.3 is 0 Å². The first-order chi connectivity index (χ1) is 6.38. The maximum Gasteiger partial charge on any atom is 0.251 e. The summed E-state index contributed by atoms with van der Waals surface area (Å²) in [5, 5.41) is 4.20. The molecule has 0 spiro atoms. The van der Waals surface area contributed by atoms with E-state index in [4.69, 9.17) is 4.74 Å². The molecule has 2 aliphatic heterocycles. The van der Waals surface area contributed by atoms with Gasteiger partial charge in [-0.2, -0.15) is 0 Å². The molecule has 1 radical (unpaired) electrons. The average molecular weight is 183 g/mol. The molecule has 1 amide bonds. The van der Waals surface area contributed by atoms with Crippen molar-refractivity contribution in [3.8, 4) is 0 Å². The predicted molar refractivity (Wildman–Crippen MR) is 47.4 cm³/mol. The lowest BCUT2D eigenvalue weighted by atomic mass is 10.2. The normalized spacial score (nSPS) is 29.2. The van der Waals surface area contributed by atoms with E-state index in [-0.39, 0.29) is 12.0 Å². The molecule has 13 heavy (non-hydrogen) atoms. The number of amides is 1. The van der Waals surface area contributed by atoms with E-state index in [0.29, 0.717) is 0 Å². The van der Waals surface area contributed by atoms with Crippen LogP contribution in [0.4, 0.5) is 0 Å². The lowest BCUT2D eigenvalue weighted by Crippen LogP contribution is -2.47. The molecule has 73 valence electrons. The topological polar surface area (TPSA) is 43.6 Å². The van der Waals surface area contributed by atoms with Crippen molar-refractivity contribution in [2.75, 3.05) is 32.8 Å². The van der Waals surface area contributed by atoms with Gasteiger partial charge in [0.2, 0.25) is 0 Å². The molecule has 4 nitrogen and oxygen atoms in total. The predicted octanol–water partition coefficient (Wildman–Crippen LogP) is -0.388. The van der Waals surface area contributed by atoms with Gasteiger partial charge < -0.3 is 9.64 Å². The summed E-state index contributed by atoms with van der Waals surface area (Å²) in [5.74, 6) is 0.174. The quantitative estimate of drug-likeness (QED) is 0.556. The lowest BCUT2D eigenvalue weighted by Gasteiger charge is -2.28. The van der Waals surface area contributed by atoms with Gasteiger partial charge in [0.25, 0.3) is 5.91 Å². The van der Waals surface area contributed by atoms with Crippen LogP contribution in [0, 0.1) is 0 Å². The zero-order valence-corrected chi connectivity index (χ0v) is 7.74. The van der Waals surface area contributed by atoms with Gasteiger partial charge in [-0.25, -0.2) is 5.32 Å². The molecule has 2 saturated heterocycles. The van der Waals surface area contributed by atoms with Gasteiger partial charge in [0.15, 0.2) is 0 Å². The molecule has 0 aromatic carbocycles. The Balaban J connectivity index is 1.87. The highest BCUT2D eigenvalue weighted by Crippen LogP contribution is 2.14. The molecule has 2 heterocycles. The summed E-state index contributed by atoms with van der Waals surface area (Å²) in [4.78, 5) is 13.6. The van der Waals surface area contributed by atoms with E-state index in [1.54, 1.807) is 0 Å². The van der Waals surface area contributed by atoms with Crippen molar-refractivity contribution in [2.24, 2.45) is 0 Å². The van der Waals surface area contributed by atoms with E-state index in [1.165, 1.54) is 0 Å². The Morgan fingerprint density at radius 2 is 2.15 bits per heavy atom. The molecule has 2 rings (SSSR count). The van der Waals surface area contributed by atoms with E-state index in [1.807, 2.05) is 4.90 Å². The van der Waals surface area contributed by atoms with Crippen LogP contribution in [0.5, 0.6) is 0 Å². The summed E-state index contributed by atoms with van der Waals surface area (Å²) in [6.45, 7) is 3.88. The summed E-state index contributed by atoms with van der Waals surface area (Å²) in [6.07, 6.45) is 1.76. The van der Waals surface area contributed by atoms with Crippen LogP contribution in [0.2, 0.25) is 0 Å². The number of carbonyl (C=O) groups excluding carboxylic acids is 1. The first-order valence-electron chi connectivity index (χ1n) is 4.91. The van der Waals surface area contributed by atoms with Crippen molar-refractivity contribution < 1.29 is 9.53 Å². The largest absolute Gasteiger partial charge is 0.368 e. The van der Waals surface area contributed by atoms with Crippen molar-refractivity contribution in [3.05, 3.63) is 0 Å². The molecular formula is C9H15N2O2. The third-order valence-corrected chi connectivity index (χ3v) is 2.57. The minimum atomic E-state index is -0.155. The number of carbonyl (C=O) groups is 1. The summed E-state index contributed by atoms with van der Waals surface area (Å²) >= 11 is 0. The van der Waals surface area contributed by atoms with E-state index < -0.39 is 0 Å². The van der Waals surface area contributed by atoms with Gasteiger partial charge in [-0.15, -0.1) is 0 Å². The third-order valence-electron chi connectivity index (χ3n) is 2.57. The number of ether oxygens (including phenoxy) is 1. The Morgan fingerprint density at radius 3 is 2.77 bits per heavy atom. The van der Waals surface area contributed by atoms with Gasteiger partial charge in [-0.3, -0.25) is 4.79 Å². The van der Waals surface area contributed by atoms with Crippen molar-refractivity contribution in [1.82, 2.24) is 10.2 Å². The molecule has 2 fully saturated rings. The van der Waals surface area contributed by atoms with E-state index in [2.05, 4.69) is 5.32 Å². The molecule has 1 atom stereocenters. The number of rotatable bonds is 1. The first kappa shape index (κ1) is 8.97. The van der Waals surface area contributed by atoms with Gasteiger partial charge in [0.05, 0.1) is 0 Å². The van der Waals surface area contributed by atoms with Gasteiger partial charge in [0.1, 0.15) is 6.10 Å². The number of hydrogen-bond donors (Lipinski definition) is 0. The Morgan fingerprint density at radius 1 is 1.38 bits per heavy atom. The Hall–Kier alpha value is -0.610. The van der Waals surface area contributed by atoms with E-state index >= 15 is 0 Å². The molecule has 0 bridgehead atoms. The highest BCUT2D eigenvalue weighted by Gasteiger charge is 2.28. The SMILES string of the molecule is O=C(C1CCCO1)N1CC[N]CC1. The molecule has 0 aromatic rings. The van der Waals surface area contributed by atoms with Gasteiger partial charge in [-0.1, -0.05) is 0 Å². The van der Waals surface area contributed by atoms with Crippen LogP contribution in [0.15, 0.2) is 0 Å². The summed E-state index contributed by atoms with van der Waals surface area (Å²) in [5.41, 5.74) is 0. The second kappa shape index (κ2) is 4.07. The van der Waals surface area contributed by atoms with Crippen LogP contribution in [0.25, 0.3) is 0 Å². The average Bonchev–Trinajstić information content (AvgIpc) is 2.71. The Labute approximate surface area is 78.2 Å². The van der Waals surface area contributed by atoms with Crippen LogP contribution >= 0.6 is 0 Å². The lowest BCUT2D eigenvalue weighted by molar-refractivity contribution is -0.141. The zero-order chi connectivity index (χ0) is 9.10. The minimum absolute atomic E-state index is 0.155. The van der Waals surface area contributed by atoms with Crippen molar-refractivity contribution in [3.63, 3.8) is 0 Å². The fourth-order valence-electron chi connectivity index (χ4n) is 1.80. The van der Waals surface area contributed by atoms with Crippen LogP contribution in [0.3, 0.4) is 0 Å². The highest BCUT2D eigenvalue weighted by atomic mass is 16.5. The molecular weight excluding hydrogens is 168 g/mol. The second-order valence-electron chi connectivity index (χ2n) is 3.50. The molecule has 0 aromatic heterocycles. The smallest absolute Gasteiger partial charge is 0.251 e. The van der Waals surface area contributed by atoms with Crippen molar-refractivity contribution in [2.45, 2.75) is 18.9 Å². The van der Waals surface area contributed by atoms with Gasteiger partial charge in [0, 0.05) is 32.8 Å². The van der Waals surface area contributed by atoms with Crippen LogP contribution < -0.4 is 5.32 Å². The van der Waals surface area contributed by atoms with E-state index in [9.17, 15) is 4.79 Å². The second-order valence-corrected chi connectivity index (χ2v) is 3.50. The monoisotopic (exact) mass is 183 g/mol. The number of piperazine rings is 1. The molecule has 0 N–H and O–H groups in total. The first-order valence-corrected chi connectivity index (χ1v) is 4.91. The zero-order valence-electron chi connectivity index (χ0n) is 7.74. The van der Waals surface area contributed by atoms with Crippen LogP contribution in [-0.2, 0) is 9.53 Å². The van der Waals surface area contributed by atoms with E-state index in [0.717, 1.165) is 45.6 Å². The van der Waals surface area contributed by atoms with Crippen LogP contribution in [-0.4, -0.2) is 49.7 Å². The minimum Gasteiger partial charge on any atom is -0.368 e. The summed E-state index contributed by atoms with van der Waals surface area (Å²) in [7, 11) is 0. The van der Waals surface area contributed by atoms with Crippen LogP contribution in [0.1, 0.15) is 12.8 Å². The summed E-state index contributed by atoms with van der Waals surface area (Å²) < 4.78 is 5.35. The highest BCUT2D eigenvalue weighted by molar-refractivity contribution is 5.81. The van der Waals surface area contributed by atoms with Gasteiger partial charge in [-0.05, 0) is 12.8 Å². The molecule has 0 saturated carbocycles. The molecule has 0 aliphatic carbocycles. The number of hydrogen-bond acceptors (Lipinski definition) is 2. The Bertz CT molecular complexity index is 184. The van der Waals surface area contributed by atoms with Crippen molar-refractivity contribution in [1.29, 1.82) is 0 Å². The summed E-state index contributed by atoms with van der Waals surface area (Å²) in [6, 6.07) is 0. The maximum absolute atomic E-state index is 11.8. The third kappa shape index (κ3) is 2.00. The Kier molecular flexibility index (Phi) is 2.80. The molecule has 2 aliphatic rings. The van der Waals surface area contributed by atoms with Crippen molar-refractivity contribution >= 4 is 5.91 Å².